The first-order valence-electron chi connectivity index (χ1n) is 0.447. The van der Waals surface area contributed by atoms with Crippen molar-refractivity contribution in [2.75, 3.05) is 7.11 Å². The molecule has 4 heteroatoms. The van der Waals surface area contributed by atoms with Crippen molar-refractivity contribution in [2.45, 2.75) is 0 Å². The van der Waals surface area contributed by atoms with Gasteiger partial charge in [0.2, 0.25) is 0 Å². The normalized spacial score (nSPS) is 0.750. The largest absolute Gasteiger partial charge is 3.00 e. The second-order valence-electron chi connectivity index (χ2n) is 0. The monoisotopic (exact) mass is 172 g/mol. The Hall–Kier alpha value is 0.386. The molecule has 0 aromatic rings. The minimum atomic E-state index is 0. The van der Waals surface area contributed by atoms with Gasteiger partial charge in [-0.2, -0.15) is 0 Å². The van der Waals surface area contributed by atoms with Crippen LogP contribution in [0.3, 0.4) is 0 Å². The van der Waals surface area contributed by atoms with Gasteiger partial charge in [-0.1, -0.05) is 0 Å². The summed E-state index contributed by atoms with van der Waals surface area (Å²) in [7, 11) is 1.00. The summed E-state index contributed by atoms with van der Waals surface area (Å²) in [6.45, 7) is 0. The molecular weight excluding hydrogens is 155 g/mol. The maximum Gasteiger partial charge on any atom is 3.00 e. The average Bonchev–Trinajstić information content (AvgIpc) is 1.00. The van der Waals surface area contributed by atoms with Crippen molar-refractivity contribution in [1.29, 1.82) is 0 Å². The van der Waals surface area contributed by atoms with Crippen molar-refractivity contribution in [3.05, 3.63) is 22.3 Å². The molecule has 0 rings (SSSR count). The third-order valence-corrected chi connectivity index (χ3v) is 0. The number of aliphatic hydroxyl groups excluding tert-OH is 1. The van der Waals surface area contributed by atoms with E-state index < -0.39 is 0 Å². The van der Waals surface area contributed by atoms with E-state index in [2.05, 4.69) is 0 Å². The number of rotatable bonds is 0. The third kappa shape index (κ3) is 1240. The van der Waals surface area contributed by atoms with E-state index in [1.54, 1.807) is 0 Å². The van der Waals surface area contributed by atoms with Crippen molar-refractivity contribution in [3.63, 3.8) is 0 Å². The average molecular weight is 172 g/mol. The molecule has 0 aliphatic heterocycles. The molecule has 0 fully saturated rings. The molecule has 0 aromatic heterocycles. The zero-order chi connectivity index (χ0) is 2.00. The number of hydrogen-bond donors (Lipinski definition) is 1. The molecule has 0 saturated carbocycles. The molecule has 0 aliphatic rings. The van der Waals surface area contributed by atoms with Gasteiger partial charge >= 0.3 is 16.8 Å². The van der Waals surface area contributed by atoms with Crippen LogP contribution >= 0.6 is 0 Å². The SMILES string of the molecule is CO.O.O.[CH3-].[CH3-].[CH3-].[Co+3]. The van der Waals surface area contributed by atoms with Crippen LogP contribution in [0.1, 0.15) is 0 Å². The topological polar surface area (TPSA) is 83.2 Å². The van der Waals surface area contributed by atoms with Gasteiger partial charge in [-0.05, 0) is 0 Å². The van der Waals surface area contributed by atoms with Gasteiger partial charge in [0.1, 0.15) is 0 Å². The molecule has 0 aliphatic carbocycles. The summed E-state index contributed by atoms with van der Waals surface area (Å²) in [5.74, 6) is 0. The van der Waals surface area contributed by atoms with E-state index in [0.717, 1.165) is 7.11 Å². The summed E-state index contributed by atoms with van der Waals surface area (Å²) in [6, 6.07) is 0. The van der Waals surface area contributed by atoms with Crippen LogP contribution in [-0.2, 0) is 16.8 Å². The molecule has 5 N–H and O–H groups in total. The predicted molar refractivity (Wildman–Crippen MR) is 34.6 cm³/mol. The minimum Gasteiger partial charge on any atom is -0.412 e. The van der Waals surface area contributed by atoms with Crippen LogP contribution in [0.15, 0.2) is 0 Å². The van der Waals surface area contributed by atoms with E-state index in [-0.39, 0.29) is 50.0 Å². The predicted octanol–water partition coefficient (Wildman–Crippen LogP) is -0.693. The minimum absolute atomic E-state index is 0. The van der Waals surface area contributed by atoms with E-state index in [9.17, 15) is 0 Å². The van der Waals surface area contributed by atoms with Gasteiger partial charge in [-0.3, -0.25) is 0 Å². The van der Waals surface area contributed by atoms with Gasteiger partial charge < -0.3 is 38.3 Å². The van der Waals surface area contributed by atoms with E-state index in [4.69, 9.17) is 5.11 Å². The van der Waals surface area contributed by atoms with Crippen molar-refractivity contribution in [3.8, 4) is 0 Å². The van der Waals surface area contributed by atoms with Crippen LogP contribution in [0.2, 0.25) is 0 Å². The molecule has 8 heavy (non-hydrogen) atoms. The van der Waals surface area contributed by atoms with Crippen molar-refractivity contribution >= 4 is 0 Å². The summed E-state index contributed by atoms with van der Waals surface area (Å²) in [4.78, 5) is 0. The molecule has 3 nitrogen and oxygen atoms in total. The summed E-state index contributed by atoms with van der Waals surface area (Å²) >= 11 is 0. The second kappa shape index (κ2) is 2020. The van der Waals surface area contributed by atoms with Crippen LogP contribution in [0.5, 0.6) is 0 Å². The van der Waals surface area contributed by atoms with Crippen LogP contribution in [-0.4, -0.2) is 23.2 Å². The smallest absolute Gasteiger partial charge is 0.412 e. The van der Waals surface area contributed by atoms with Gasteiger partial charge in [0.25, 0.3) is 0 Å². The molecule has 0 spiro atoms. The molecular formula is C4H17CoO3. The van der Waals surface area contributed by atoms with Crippen LogP contribution in [0, 0.1) is 22.3 Å². The molecule has 0 bridgehead atoms. The number of aliphatic hydroxyl groups is 1. The van der Waals surface area contributed by atoms with Crippen molar-refractivity contribution in [1.82, 2.24) is 0 Å². The van der Waals surface area contributed by atoms with Crippen LogP contribution in [0.25, 0.3) is 0 Å². The van der Waals surface area contributed by atoms with Gasteiger partial charge in [-0.25, -0.2) is 0 Å². The Balaban J connectivity index is -0.000000000333. The summed E-state index contributed by atoms with van der Waals surface area (Å²) in [5, 5.41) is 7.00. The van der Waals surface area contributed by atoms with E-state index in [0.29, 0.717) is 0 Å². The summed E-state index contributed by atoms with van der Waals surface area (Å²) in [5.41, 5.74) is 0. The fraction of sp³-hybridized carbons (Fsp3) is 0.250. The third-order valence-electron chi connectivity index (χ3n) is 0. The zero-order valence-electron chi connectivity index (χ0n) is 5.78. The molecule has 60 valence electrons. The Morgan fingerprint density at radius 3 is 0.750 bits per heavy atom. The maximum atomic E-state index is 7.00. The Labute approximate surface area is 62.9 Å². The fourth-order valence-corrected chi connectivity index (χ4v) is 0. The van der Waals surface area contributed by atoms with Crippen LogP contribution in [0.4, 0.5) is 0 Å². The zero-order valence-corrected chi connectivity index (χ0v) is 6.82. The van der Waals surface area contributed by atoms with Gasteiger partial charge in [0, 0.05) is 7.11 Å². The summed E-state index contributed by atoms with van der Waals surface area (Å²) in [6.07, 6.45) is 0. The molecule has 0 atom stereocenters. The Morgan fingerprint density at radius 1 is 0.750 bits per heavy atom. The molecule has 0 heterocycles. The van der Waals surface area contributed by atoms with Gasteiger partial charge in [0.15, 0.2) is 0 Å². The Morgan fingerprint density at radius 2 is 0.750 bits per heavy atom. The Bertz CT molecular complexity index is 11.2. The first-order valence-corrected chi connectivity index (χ1v) is 0.447. The first kappa shape index (κ1) is 238. The fourth-order valence-electron chi connectivity index (χ4n) is 0. The Kier molecular flexibility index (Phi) is 60000. The van der Waals surface area contributed by atoms with E-state index in [1.165, 1.54) is 0 Å². The van der Waals surface area contributed by atoms with Gasteiger partial charge in [0.05, 0.1) is 0 Å². The first-order chi connectivity index (χ1) is 1.00. The number of hydrogen-bond acceptors (Lipinski definition) is 1. The van der Waals surface area contributed by atoms with Crippen molar-refractivity contribution < 1.29 is 32.8 Å². The molecule has 0 unspecified atom stereocenters. The standard InChI is InChI=1S/CH4O.3CH3.Co.2H2O/c1-2;;;;;;/h2H,1H3;3*1H3;;2*1H2/q;3*-1;+3;;. The van der Waals surface area contributed by atoms with Crippen LogP contribution < -0.4 is 0 Å². The quantitative estimate of drug-likeness (QED) is 0.482. The second-order valence-corrected chi connectivity index (χ2v) is 0. The summed E-state index contributed by atoms with van der Waals surface area (Å²) < 4.78 is 0. The van der Waals surface area contributed by atoms with E-state index in [1.807, 2.05) is 0 Å². The maximum absolute atomic E-state index is 7.00. The molecule has 0 aromatic carbocycles. The molecule has 0 saturated heterocycles. The van der Waals surface area contributed by atoms with E-state index >= 15 is 0 Å². The van der Waals surface area contributed by atoms with Crippen molar-refractivity contribution in [2.24, 2.45) is 0 Å². The van der Waals surface area contributed by atoms with Gasteiger partial charge in [-0.15, -0.1) is 0 Å². The molecule has 0 amide bonds. The molecule has 0 radical (unpaired) electrons.